The first-order chi connectivity index (χ1) is 12.1. The van der Waals surface area contributed by atoms with Crippen LogP contribution in [0.15, 0.2) is 48.6 Å². The number of allylic oxidation sites excluding steroid dienone is 2. The van der Waals surface area contributed by atoms with Crippen molar-refractivity contribution in [1.29, 1.82) is 0 Å². The van der Waals surface area contributed by atoms with E-state index in [4.69, 9.17) is 16.3 Å². The van der Waals surface area contributed by atoms with E-state index in [2.05, 4.69) is 23.5 Å². The van der Waals surface area contributed by atoms with Gasteiger partial charge in [0, 0.05) is 12.0 Å². The molecule has 0 fully saturated rings. The summed E-state index contributed by atoms with van der Waals surface area (Å²) in [6, 6.07) is 11.0. The Labute approximate surface area is 150 Å². The Morgan fingerprint density at radius 3 is 2.92 bits per heavy atom. The van der Waals surface area contributed by atoms with Gasteiger partial charge < -0.3 is 10.1 Å². The number of anilines is 1. The topological polar surface area (TPSA) is 64.4 Å². The van der Waals surface area contributed by atoms with Crippen LogP contribution in [-0.4, -0.2) is 12.0 Å². The van der Waals surface area contributed by atoms with Crippen LogP contribution in [0.5, 0.6) is 5.75 Å². The Hall–Kier alpha value is -2.53. The van der Waals surface area contributed by atoms with E-state index in [1.54, 1.807) is 12.1 Å². The van der Waals surface area contributed by atoms with Crippen molar-refractivity contribution < 1.29 is 9.66 Å². The summed E-state index contributed by atoms with van der Waals surface area (Å²) in [6.45, 7) is 0. The minimum absolute atomic E-state index is 0.0192. The van der Waals surface area contributed by atoms with Gasteiger partial charge in [-0.25, -0.2) is 0 Å². The Balaban J connectivity index is 1.80. The normalized spacial score (nSPS) is 23.5. The molecule has 2 aromatic carbocycles. The van der Waals surface area contributed by atoms with Crippen LogP contribution in [0.2, 0.25) is 5.02 Å². The van der Waals surface area contributed by atoms with E-state index in [1.807, 2.05) is 18.2 Å². The van der Waals surface area contributed by atoms with Crippen molar-refractivity contribution in [2.75, 3.05) is 12.4 Å². The molecular weight excluding hydrogens is 340 g/mol. The molecule has 25 heavy (non-hydrogen) atoms. The van der Waals surface area contributed by atoms with Gasteiger partial charge in [-0.15, -0.1) is 0 Å². The molecule has 5 nitrogen and oxygen atoms in total. The number of methoxy groups -OCH3 is 1. The SMILES string of the molecule is COc1ccc([C@@H]2Nc3c(Cl)cccc3[C@H]3C=CC[C@H]32)cc1[N+](=O)[O-]. The summed E-state index contributed by atoms with van der Waals surface area (Å²) in [7, 11) is 1.44. The van der Waals surface area contributed by atoms with Gasteiger partial charge in [0.1, 0.15) is 0 Å². The third kappa shape index (κ3) is 2.55. The average Bonchev–Trinajstić information content (AvgIpc) is 3.11. The van der Waals surface area contributed by atoms with Crippen LogP contribution < -0.4 is 10.1 Å². The number of halogens is 1. The van der Waals surface area contributed by atoms with E-state index in [0.717, 1.165) is 17.7 Å². The second-order valence-electron chi connectivity index (χ2n) is 6.37. The molecule has 0 amide bonds. The highest BCUT2D eigenvalue weighted by atomic mass is 35.5. The summed E-state index contributed by atoms with van der Waals surface area (Å²) in [5.41, 5.74) is 2.96. The van der Waals surface area contributed by atoms with Crippen LogP contribution in [0, 0.1) is 16.0 Å². The van der Waals surface area contributed by atoms with Crippen LogP contribution in [0.25, 0.3) is 0 Å². The number of hydrogen-bond acceptors (Lipinski definition) is 4. The number of nitro groups is 1. The van der Waals surface area contributed by atoms with E-state index in [9.17, 15) is 10.1 Å². The smallest absolute Gasteiger partial charge is 0.311 e. The average molecular weight is 357 g/mol. The minimum Gasteiger partial charge on any atom is -0.490 e. The van der Waals surface area contributed by atoms with E-state index in [0.29, 0.717) is 10.9 Å². The number of fused-ring (bicyclic) bond motifs is 3. The maximum atomic E-state index is 11.4. The second-order valence-corrected chi connectivity index (χ2v) is 6.78. The summed E-state index contributed by atoms with van der Waals surface area (Å²) in [5, 5.41) is 15.6. The number of nitrogens with zero attached hydrogens (tertiary/aromatic N) is 1. The third-order valence-corrected chi connectivity index (χ3v) is 5.42. The Kier molecular flexibility index (Phi) is 3.88. The maximum absolute atomic E-state index is 11.4. The molecule has 6 heteroatoms. The lowest BCUT2D eigenvalue weighted by Crippen LogP contribution is -2.29. The minimum atomic E-state index is -0.406. The van der Waals surface area contributed by atoms with Gasteiger partial charge in [-0.05, 0) is 35.6 Å². The molecule has 0 radical (unpaired) electrons. The molecule has 1 N–H and O–H groups in total. The van der Waals surface area contributed by atoms with Crippen molar-refractivity contribution in [3.63, 3.8) is 0 Å². The Morgan fingerprint density at radius 1 is 1.32 bits per heavy atom. The van der Waals surface area contributed by atoms with Gasteiger partial charge in [-0.2, -0.15) is 0 Å². The Bertz CT molecular complexity index is 881. The van der Waals surface area contributed by atoms with Gasteiger partial charge in [0.2, 0.25) is 0 Å². The van der Waals surface area contributed by atoms with Crippen LogP contribution in [0.1, 0.15) is 29.5 Å². The molecule has 0 spiro atoms. The van der Waals surface area contributed by atoms with Gasteiger partial charge >= 0.3 is 5.69 Å². The monoisotopic (exact) mass is 356 g/mol. The lowest BCUT2D eigenvalue weighted by Gasteiger charge is -2.37. The summed E-state index contributed by atoms with van der Waals surface area (Å²) in [6.07, 6.45) is 5.32. The third-order valence-electron chi connectivity index (χ3n) is 5.10. The van der Waals surface area contributed by atoms with Gasteiger partial charge in [0.15, 0.2) is 5.75 Å². The van der Waals surface area contributed by atoms with Gasteiger partial charge in [0.05, 0.1) is 28.8 Å². The van der Waals surface area contributed by atoms with E-state index >= 15 is 0 Å². The van der Waals surface area contributed by atoms with Gasteiger partial charge in [-0.1, -0.05) is 42.0 Å². The number of benzene rings is 2. The fourth-order valence-corrected chi connectivity index (χ4v) is 4.19. The van der Waals surface area contributed by atoms with Crippen molar-refractivity contribution in [2.45, 2.75) is 18.4 Å². The van der Waals surface area contributed by atoms with Crippen molar-refractivity contribution in [3.05, 3.63) is 74.8 Å². The second kappa shape index (κ2) is 6.08. The molecule has 2 aromatic rings. The van der Waals surface area contributed by atoms with Crippen molar-refractivity contribution in [1.82, 2.24) is 0 Å². The summed E-state index contributed by atoms with van der Waals surface area (Å²) in [5.74, 6) is 0.837. The summed E-state index contributed by atoms with van der Waals surface area (Å²) in [4.78, 5) is 11.0. The quantitative estimate of drug-likeness (QED) is 0.473. The largest absolute Gasteiger partial charge is 0.490 e. The highest BCUT2D eigenvalue weighted by molar-refractivity contribution is 6.33. The van der Waals surface area contributed by atoms with Crippen molar-refractivity contribution >= 4 is 23.0 Å². The first-order valence-corrected chi connectivity index (χ1v) is 8.52. The molecule has 128 valence electrons. The fraction of sp³-hybridized carbons (Fsp3) is 0.263. The number of rotatable bonds is 3. The van der Waals surface area contributed by atoms with Crippen LogP contribution >= 0.6 is 11.6 Å². The molecule has 0 saturated heterocycles. The van der Waals surface area contributed by atoms with Gasteiger partial charge in [-0.3, -0.25) is 10.1 Å². The molecule has 1 aliphatic carbocycles. The molecule has 0 aromatic heterocycles. The molecular formula is C19H17ClN2O3. The highest BCUT2D eigenvalue weighted by Crippen LogP contribution is 2.51. The highest BCUT2D eigenvalue weighted by Gasteiger charge is 2.39. The Morgan fingerprint density at radius 2 is 2.16 bits per heavy atom. The molecule has 1 aliphatic heterocycles. The van der Waals surface area contributed by atoms with Crippen LogP contribution in [-0.2, 0) is 0 Å². The van der Waals surface area contributed by atoms with E-state index < -0.39 is 4.92 Å². The fourth-order valence-electron chi connectivity index (χ4n) is 3.96. The lowest BCUT2D eigenvalue weighted by molar-refractivity contribution is -0.385. The number of para-hydroxylation sites is 1. The van der Waals surface area contributed by atoms with Gasteiger partial charge in [0.25, 0.3) is 0 Å². The van der Waals surface area contributed by atoms with Crippen molar-refractivity contribution in [3.8, 4) is 5.75 Å². The molecule has 3 atom stereocenters. The molecule has 0 unspecified atom stereocenters. The molecule has 4 rings (SSSR count). The number of nitrogens with one attached hydrogen (secondary N) is 1. The zero-order chi connectivity index (χ0) is 17.6. The van der Waals surface area contributed by atoms with E-state index in [-0.39, 0.29) is 23.4 Å². The van der Waals surface area contributed by atoms with Crippen molar-refractivity contribution in [2.24, 2.45) is 5.92 Å². The van der Waals surface area contributed by atoms with Crippen LogP contribution in [0.4, 0.5) is 11.4 Å². The first kappa shape index (κ1) is 16.0. The lowest BCUT2D eigenvalue weighted by atomic mass is 9.77. The predicted octanol–water partition coefficient (Wildman–Crippen LogP) is 5.08. The molecule has 2 aliphatic rings. The van der Waals surface area contributed by atoms with Crippen LogP contribution in [0.3, 0.4) is 0 Å². The molecule has 1 heterocycles. The van der Waals surface area contributed by atoms with E-state index in [1.165, 1.54) is 12.7 Å². The summed E-state index contributed by atoms with van der Waals surface area (Å²) < 4.78 is 5.12. The molecule has 0 bridgehead atoms. The number of hydrogen-bond donors (Lipinski definition) is 1. The number of ether oxygens (including phenoxy) is 1. The summed E-state index contributed by atoms with van der Waals surface area (Å²) >= 11 is 6.40. The molecule has 0 saturated carbocycles. The standard InChI is InChI=1S/C19H17ClN2O3/c1-25-17-9-8-11(10-16(17)22(23)24)18-13-5-2-4-12(13)14-6-3-7-15(20)19(14)21-18/h2-4,6-10,12-13,18,21H,5H2,1H3/t12-,13+,18-/m0/s1. The maximum Gasteiger partial charge on any atom is 0.311 e. The zero-order valence-electron chi connectivity index (χ0n) is 13.6. The number of nitro benzene ring substituents is 1. The zero-order valence-corrected chi connectivity index (χ0v) is 14.4. The first-order valence-electron chi connectivity index (χ1n) is 8.14. The predicted molar refractivity (Wildman–Crippen MR) is 97.5 cm³/mol.